The Kier molecular flexibility index (Phi) is 4.04. The van der Waals surface area contributed by atoms with E-state index in [4.69, 9.17) is 17.3 Å². The van der Waals surface area contributed by atoms with E-state index in [1.54, 1.807) is 12.1 Å². The van der Waals surface area contributed by atoms with Crippen molar-refractivity contribution in [2.24, 2.45) is 5.73 Å². The summed E-state index contributed by atoms with van der Waals surface area (Å²) in [6, 6.07) is 9.29. The van der Waals surface area contributed by atoms with Crippen molar-refractivity contribution < 1.29 is 8.42 Å². The fraction of sp³-hybridized carbons (Fsp3) is 0.0833. The zero-order valence-corrected chi connectivity index (χ0v) is 11.4. The minimum Gasteiger partial charge on any atom is -0.326 e. The zero-order chi connectivity index (χ0) is 13.9. The van der Waals surface area contributed by atoms with Crippen molar-refractivity contribution in [2.45, 2.75) is 11.4 Å². The molecule has 100 valence electrons. The van der Waals surface area contributed by atoms with E-state index in [9.17, 15) is 8.42 Å². The number of benzene rings is 1. The Balaban J connectivity index is 2.34. The summed E-state index contributed by atoms with van der Waals surface area (Å²) >= 11 is 5.73. The first-order valence-corrected chi connectivity index (χ1v) is 7.31. The van der Waals surface area contributed by atoms with Crippen LogP contribution in [0.2, 0.25) is 5.02 Å². The van der Waals surface area contributed by atoms with Crippen LogP contribution >= 0.6 is 11.6 Å². The Labute approximate surface area is 116 Å². The second kappa shape index (κ2) is 5.56. The summed E-state index contributed by atoms with van der Waals surface area (Å²) in [4.78, 5) is 4.10. The summed E-state index contributed by atoms with van der Waals surface area (Å²) in [6.45, 7) is 0.201. The van der Waals surface area contributed by atoms with Gasteiger partial charge in [-0.2, -0.15) is 0 Å². The van der Waals surface area contributed by atoms with E-state index in [0.29, 0.717) is 10.6 Å². The molecule has 1 aromatic carbocycles. The van der Waals surface area contributed by atoms with Crippen molar-refractivity contribution in [3.05, 3.63) is 53.2 Å². The predicted octanol–water partition coefficient (Wildman–Crippen LogP) is 1.99. The Hall–Kier alpha value is -1.63. The maximum atomic E-state index is 12.1. The predicted molar refractivity (Wildman–Crippen MR) is 74.4 cm³/mol. The van der Waals surface area contributed by atoms with Crippen LogP contribution in [0.5, 0.6) is 0 Å². The molecule has 0 fully saturated rings. The third kappa shape index (κ3) is 3.23. The lowest BCUT2D eigenvalue weighted by atomic mass is 10.3. The number of nitrogens with one attached hydrogen (secondary N) is 1. The van der Waals surface area contributed by atoms with Gasteiger partial charge in [0.1, 0.15) is 5.82 Å². The first-order chi connectivity index (χ1) is 9.03. The average molecular weight is 298 g/mol. The number of hydrogen-bond donors (Lipinski definition) is 2. The third-order valence-corrected chi connectivity index (χ3v) is 4.07. The quantitative estimate of drug-likeness (QED) is 0.904. The van der Waals surface area contributed by atoms with Gasteiger partial charge in [-0.05, 0) is 30.3 Å². The molecular formula is C12H12ClN3O2S. The van der Waals surface area contributed by atoms with E-state index in [2.05, 4.69) is 9.71 Å². The lowest BCUT2D eigenvalue weighted by molar-refractivity contribution is 0.601. The van der Waals surface area contributed by atoms with E-state index in [1.807, 2.05) is 0 Å². The summed E-state index contributed by atoms with van der Waals surface area (Å²) in [6.07, 6.45) is 1.50. The molecule has 19 heavy (non-hydrogen) atoms. The lowest BCUT2D eigenvalue weighted by Gasteiger charge is -2.10. The van der Waals surface area contributed by atoms with Crippen LogP contribution in [0.25, 0.3) is 0 Å². The molecule has 0 atom stereocenters. The maximum absolute atomic E-state index is 12.1. The standard InChI is InChI=1S/C12H12ClN3O2S/c13-10-3-5-11(6-4-10)19(17,18)16-12-9(8-14)2-1-7-15-12/h1-7H,8,14H2,(H,15,16). The molecule has 7 heteroatoms. The number of rotatable bonds is 4. The summed E-state index contributed by atoms with van der Waals surface area (Å²) in [7, 11) is -3.69. The van der Waals surface area contributed by atoms with E-state index in [0.717, 1.165) is 0 Å². The molecule has 3 N–H and O–H groups in total. The van der Waals surface area contributed by atoms with Crippen molar-refractivity contribution >= 4 is 27.4 Å². The number of pyridine rings is 1. The van der Waals surface area contributed by atoms with Crippen LogP contribution in [0.1, 0.15) is 5.56 Å². The van der Waals surface area contributed by atoms with Crippen LogP contribution in [0.3, 0.4) is 0 Å². The molecule has 0 aliphatic carbocycles. The van der Waals surface area contributed by atoms with Gasteiger partial charge >= 0.3 is 0 Å². The molecule has 2 aromatic rings. The maximum Gasteiger partial charge on any atom is 0.263 e. The van der Waals surface area contributed by atoms with Gasteiger partial charge in [0.05, 0.1) is 4.90 Å². The number of nitrogens with zero attached hydrogens (tertiary/aromatic N) is 1. The largest absolute Gasteiger partial charge is 0.326 e. The van der Waals surface area contributed by atoms with E-state index < -0.39 is 10.0 Å². The summed E-state index contributed by atoms with van der Waals surface area (Å²) in [5.41, 5.74) is 6.16. The Bertz CT molecular complexity index is 672. The Morgan fingerprint density at radius 1 is 1.21 bits per heavy atom. The lowest BCUT2D eigenvalue weighted by Crippen LogP contribution is -2.16. The van der Waals surface area contributed by atoms with Crippen molar-refractivity contribution in [1.29, 1.82) is 0 Å². The van der Waals surface area contributed by atoms with Gasteiger partial charge < -0.3 is 5.73 Å². The number of halogens is 1. The number of hydrogen-bond acceptors (Lipinski definition) is 4. The minimum absolute atomic E-state index is 0.116. The van der Waals surface area contributed by atoms with Crippen molar-refractivity contribution in [3.63, 3.8) is 0 Å². The highest BCUT2D eigenvalue weighted by molar-refractivity contribution is 7.92. The molecule has 5 nitrogen and oxygen atoms in total. The van der Waals surface area contributed by atoms with Gasteiger partial charge in [-0.15, -0.1) is 0 Å². The molecule has 1 heterocycles. The molecule has 0 radical (unpaired) electrons. The Morgan fingerprint density at radius 3 is 2.53 bits per heavy atom. The van der Waals surface area contributed by atoms with Crippen LogP contribution in [-0.2, 0) is 16.6 Å². The SMILES string of the molecule is NCc1cccnc1NS(=O)(=O)c1ccc(Cl)cc1. The van der Waals surface area contributed by atoms with Crippen LogP contribution in [0, 0.1) is 0 Å². The first-order valence-electron chi connectivity index (χ1n) is 5.45. The average Bonchev–Trinajstić information content (AvgIpc) is 2.39. The minimum atomic E-state index is -3.69. The number of aromatic nitrogens is 1. The second-order valence-electron chi connectivity index (χ2n) is 3.77. The number of anilines is 1. The summed E-state index contributed by atoms with van der Waals surface area (Å²) < 4.78 is 26.7. The van der Waals surface area contributed by atoms with Gasteiger partial charge in [0, 0.05) is 23.3 Å². The molecule has 2 rings (SSSR count). The Morgan fingerprint density at radius 2 is 1.89 bits per heavy atom. The van der Waals surface area contributed by atoms with E-state index in [1.165, 1.54) is 30.5 Å². The fourth-order valence-electron chi connectivity index (χ4n) is 1.50. The highest BCUT2D eigenvalue weighted by Crippen LogP contribution is 2.19. The topological polar surface area (TPSA) is 85.1 Å². The summed E-state index contributed by atoms with van der Waals surface area (Å²) in [5, 5.41) is 0.472. The second-order valence-corrected chi connectivity index (χ2v) is 5.89. The molecular weight excluding hydrogens is 286 g/mol. The highest BCUT2D eigenvalue weighted by Gasteiger charge is 2.16. The monoisotopic (exact) mass is 297 g/mol. The molecule has 0 saturated heterocycles. The molecule has 0 saturated carbocycles. The van der Waals surface area contributed by atoms with Gasteiger partial charge in [-0.3, -0.25) is 4.72 Å². The van der Waals surface area contributed by atoms with Gasteiger partial charge in [-0.25, -0.2) is 13.4 Å². The van der Waals surface area contributed by atoms with Crippen LogP contribution in [-0.4, -0.2) is 13.4 Å². The molecule has 0 bridgehead atoms. The van der Waals surface area contributed by atoms with Gasteiger partial charge in [0.15, 0.2) is 0 Å². The molecule has 0 unspecified atom stereocenters. The molecule has 0 spiro atoms. The number of nitrogens with two attached hydrogens (primary N) is 1. The van der Waals surface area contributed by atoms with Crippen LogP contribution in [0.4, 0.5) is 5.82 Å². The van der Waals surface area contributed by atoms with Gasteiger partial charge in [-0.1, -0.05) is 17.7 Å². The van der Waals surface area contributed by atoms with Gasteiger partial charge in [0.2, 0.25) is 0 Å². The van der Waals surface area contributed by atoms with Crippen LogP contribution in [0.15, 0.2) is 47.5 Å². The zero-order valence-electron chi connectivity index (χ0n) is 9.88. The number of sulfonamides is 1. The van der Waals surface area contributed by atoms with Crippen molar-refractivity contribution in [1.82, 2.24) is 4.98 Å². The van der Waals surface area contributed by atoms with Crippen LogP contribution < -0.4 is 10.5 Å². The van der Waals surface area contributed by atoms with E-state index >= 15 is 0 Å². The van der Waals surface area contributed by atoms with Crippen molar-refractivity contribution in [3.8, 4) is 0 Å². The normalized spacial score (nSPS) is 11.3. The molecule has 0 amide bonds. The first kappa shape index (κ1) is 13.8. The van der Waals surface area contributed by atoms with Crippen molar-refractivity contribution in [2.75, 3.05) is 4.72 Å². The molecule has 1 aromatic heterocycles. The smallest absolute Gasteiger partial charge is 0.263 e. The fourth-order valence-corrected chi connectivity index (χ4v) is 2.67. The van der Waals surface area contributed by atoms with Gasteiger partial charge in [0.25, 0.3) is 10.0 Å². The molecule has 0 aliphatic rings. The third-order valence-electron chi connectivity index (χ3n) is 2.47. The summed E-state index contributed by atoms with van der Waals surface area (Å²) in [5.74, 6) is 0.236. The molecule has 0 aliphatic heterocycles. The highest BCUT2D eigenvalue weighted by atomic mass is 35.5. The van der Waals surface area contributed by atoms with E-state index in [-0.39, 0.29) is 17.3 Å².